The van der Waals surface area contributed by atoms with Gasteiger partial charge in [-0.1, -0.05) is 66.7 Å². The van der Waals surface area contributed by atoms with Crippen LogP contribution in [0.3, 0.4) is 0 Å². The molecule has 0 heterocycles. The summed E-state index contributed by atoms with van der Waals surface area (Å²) in [4.78, 5) is 25.4. The third-order valence-corrected chi connectivity index (χ3v) is 3.70. The molecule has 3 heteroatoms. The second-order valence-corrected chi connectivity index (χ2v) is 5.19. The molecular weight excluding hydrogens is 300 g/mol. The van der Waals surface area contributed by atoms with Crippen molar-refractivity contribution in [2.45, 2.75) is 0 Å². The standard InChI is InChI=1S/C21H15O3/c1-24-21-17(19(22)15-9-4-2-5-10-15)13-8-14-18(21)20(23)16-11-6-3-7-12-16/h2-13H,1H3. The van der Waals surface area contributed by atoms with Crippen molar-refractivity contribution in [2.24, 2.45) is 0 Å². The summed E-state index contributed by atoms with van der Waals surface area (Å²) >= 11 is 0. The molecule has 0 fully saturated rings. The van der Waals surface area contributed by atoms with E-state index in [4.69, 9.17) is 4.74 Å². The summed E-state index contributed by atoms with van der Waals surface area (Å²) in [6, 6.07) is 23.9. The first-order valence-electron chi connectivity index (χ1n) is 7.50. The lowest BCUT2D eigenvalue weighted by Gasteiger charge is -2.12. The molecule has 0 aliphatic carbocycles. The van der Waals surface area contributed by atoms with E-state index in [2.05, 4.69) is 6.07 Å². The van der Waals surface area contributed by atoms with Gasteiger partial charge in [0, 0.05) is 11.1 Å². The van der Waals surface area contributed by atoms with Crippen molar-refractivity contribution < 1.29 is 14.3 Å². The maximum Gasteiger partial charge on any atom is 0.197 e. The summed E-state index contributed by atoms with van der Waals surface area (Å²) in [7, 11) is 1.45. The van der Waals surface area contributed by atoms with Gasteiger partial charge in [-0.2, -0.15) is 0 Å². The van der Waals surface area contributed by atoms with Gasteiger partial charge in [0.05, 0.1) is 18.2 Å². The maximum atomic E-state index is 12.7. The fourth-order valence-electron chi connectivity index (χ4n) is 2.52. The van der Waals surface area contributed by atoms with Crippen molar-refractivity contribution in [3.05, 3.63) is 101 Å². The highest BCUT2D eigenvalue weighted by Crippen LogP contribution is 2.28. The van der Waals surface area contributed by atoms with E-state index in [-0.39, 0.29) is 22.9 Å². The van der Waals surface area contributed by atoms with E-state index in [0.29, 0.717) is 16.7 Å². The molecule has 0 aromatic heterocycles. The molecule has 3 rings (SSSR count). The van der Waals surface area contributed by atoms with Crippen LogP contribution < -0.4 is 4.74 Å². The van der Waals surface area contributed by atoms with Crippen molar-refractivity contribution in [3.63, 3.8) is 0 Å². The molecule has 0 saturated carbocycles. The third kappa shape index (κ3) is 2.97. The van der Waals surface area contributed by atoms with E-state index in [1.807, 2.05) is 12.1 Å². The van der Waals surface area contributed by atoms with Crippen molar-refractivity contribution in [3.8, 4) is 5.75 Å². The van der Waals surface area contributed by atoms with Gasteiger partial charge in [0.15, 0.2) is 11.6 Å². The Balaban J connectivity index is 2.07. The summed E-state index contributed by atoms with van der Waals surface area (Å²) in [5.41, 5.74) is 1.67. The maximum absolute atomic E-state index is 12.7. The molecule has 0 aliphatic rings. The van der Waals surface area contributed by atoms with Gasteiger partial charge in [0.25, 0.3) is 0 Å². The van der Waals surface area contributed by atoms with Crippen molar-refractivity contribution in [2.75, 3.05) is 7.11 Å². The van der Waals surface area contributed by atoms with Crippen LogP contribution in [0, 0.1) is 6.07 Å². The zero-order chi connectivity index (χ0) is 16.9. The summed E-state index contributed by atoms with van der Waals surface area (Å²) in [5.74, 6) is -0.168. The van der Waals surface area contributed by atoms with Crippen LogP contribution in [0.25, 0.3) is 0 Å². The molecule has 24 heavy (non-hydrogen) atoms. The van der Waals surface area contributed by atoms with Crippen LogP contribution in [-0.4, -0.2) is 18.7 Å². The van der Waals surface area contributed by atoms with E-state index >= 15 is 0 Å². The molecule has 0 saturated heterocycles. The number of benzene rings is 3. The number of ether oxygens (including phenoxy) is 1. The fourth-order valence-corrected chi connectivity index (χ4v) is 2.52. The molecule has 3 aromatic rings. The summed E-state index contributed by atoms with van der Waals surface area (Å²) in [5, 5.41) is 0. The normalized spacial score (nSPS) is 10.2. The highest BCUT2D eigenvalue weighted by molar-refractivity contribution is 6.16. The highest BCUT2D eigenvalue weighted by Gasteiger charge is 2.21. The van der Waals surface area contributed by atoms with Crippen LogP contribution >= 0.6 is 0 Å². The number of carbonyl (C=O) groups is 2. The molecule has 1 radical (unpaired) electrons. The fraction of sp³-hybridized carbons (Fsp3) is 0.0476. The Bertz CT molecular complexity index is 798. The lowest BCUT2D eigenvalue weighted by Crippen LogP contribution is -2.10. The second kappa shape index (κ2) is 6.92. The molecular formula is C21H15O3. The van der Waals surface area contributed by atoms with Crippen LogP contribution in [-0.2, 0) is 0 Å². The monoisotopic (exact) mass is 315 g/mol. The minimum Gasteiger partial charge on any atom is -0.495 e. The topological polar surface area (TPSA) is 43.4 Å². The Hall–Kier alpha value is -3.20. The summed E-state index contributed by atoms with van der Waals surface area (Å²) in [6.45, 7) is 0. The lowest BCUT2D eigenvalue weighted by atomic mass is 9.96. The number of hydrogen-bond donors (Lipinski definition) is 0. The average molecular weight is 315 g/mol. The molecule has 0 amide bonds. The summed E-state index contributed by atoms with van der Waals surface area (Å²) in [6.07, 6.45) is 0. The van der Waals surface area contributed by atoms with Crippen molar-refractivity contribution >= 4 is 11.6 Å². The molecule has 0 bridgehead atoms. The van der Waals surface area contributed by atoms with Gasteiger partial charge in [-0.25, -0.2) is 0 Å². The van der Waals surface area contributed by atoms with Gasteiger partial charge in [0.2, 0.25) is 0 Å². The number of methoxy groups -OCH3 is 1. The number of ketones is 2. The highest BCUT2D eigenvalue weighted by atomic mass is 16.5. The van der Waals surface area contributed by atoms with Gasteiger partial charge in [-0.3, -0.25) is 9.59 Å². The van der Waals surface area contributed by atoms with Gasteiger partial charge >= 0.3 is 0 Å². The minimum absolute atomic E-state index is 0.191. The van der Waals surface area contributed by atoms with Crippen LogP contribution in [0.1, 0.15) is 31.8 Å². The molecule has 0 unspecified atom stereocenters. The Morgan fingerprint density at radius 3 is 1.88 bits per heavy atom. The first-order chi connectivity index (χ1) is 11.7. The zero-order valence-corrected chi connectivity index (χ0v) is 13.2. The van der Waals surface area contributed by atoms with E-state index in [1.165, 1.54) is 7.11 Å². The van der Waals surface area contributed by atoms with E-state index in [9.17, 15) is 9.59 Å². The predicted octanol–water partition coefficient (Wildman–Crippen LogP) is 3.96. The smallest absolute Gasteiger partial charge is 0.197 e. The Kier molecular flexibility index (Phi) is 4.52. The largest absolute Gasteiger partial charge is 0.495 e. The second-order valence-electron chi connectivity index (χ2n) is 5.19. The molecule has 0 N–H and O–H groups in total. The van der Waals surface area contributed by atoms with Gasteiger partial charge < -0.3 is 4.74 Å². The molecule has 3 nitrogen and oxygen atoms in total. The Labute approximate surface area is 140 Å². The van der Waals surface area contributed by atoms with E-state index in [0.717, 1.165) is 0 Å². The zero-order valence-electron chi connectivity index (χ0n) is 13.2. The van der Waals surface area contributed by atoms with Crippen molar-refractivity contribution in [1.29, 1.82) is 0 Å². The van der Waals surface area contributed by atoms with Crippen molar-refractivity contribution in [1.82, 2.24) is 0 Å². The van der Waals surface area contributed by atoms with Gasteiger partial charge in [-0.05, 0) is 12.1 Å². The minimum atomic E-state index is -0.227. The van der Waals surface area contributed by atoms with Crippen LogP contribution in [0.5, 0.6) is 5.75 Å². The molecule has 117 valence electrons. The van der Waals surface area contributed by atoms with Gasteiger partial charge in [0.1, 0.15) is 5.75 Å². The van der Waals surface area contributed by atoms with E-state index < -0.39 is 0 Å². The quantitative estimate of drug-likeness (QED) is 0.669. The number of carbonyl (C=O) groups excluding carboxylic acids is 2. The van der Waals surface area contributed by atoms with Crippen LogP contribution in [0.4, 0.5) is 0 Å². The first kappa shape index (κ1) is 15.7. The van der Waals surface area contributed by atoms with Crippen LogP contribution in [0.2, 0.25) is 0 Å². The SMILES string of the molecule is COc1c(C(=O)c2ccccc2)[c]ccc1C(=O)c1ccccc1. The average Bonchev–Trinajstić information content (AvgIpc) is 2.67. The lowest BCUT2D eigenvalue weighted by molar-refractivity contribution is 0.103. The van der Waals surface area contributed by atoms with Gasteiger partial charge in [-0.15, -0.1) is 0 Å². The Morgan fingerprint density at radius 1 is 0.792 bits per heavy atom. The molecule has 0 spiro atoms. The number of hydrogen-bond acceptors (Lipinski definition) is 3. The Morgan fingerprint density at radius 2 is 1.33 bits per heavy atom. The predicted molar refractivity (Wildman–Crippen MR) is 91.6 cm³/mol. The third-order valence-electron chi connectivity index (χ3n) is 3.70. The first-order valence-corrected chi connectivity index (χ1v) is 7.50. The molecule has 0 aliphatic heterocycles. The molecule has 0 atom stereocenters. The van der Waals surface area contributed by atoms with E-state index in [1.54, 1.807) is 60.7 Å². The van der Waals surface area contributed by atoms with Crippen LogP contribution in [0.15, 0.2) is 72.8 Å². The number of rotatable bonds is 5. The molecule has 3 aromatic carbocycles. The summed E-state index contributed by atoms with van der Waals surface area (Å²) < 4.78 is 5.39.